The molecule has 5 heteroatoms. The Morgan fingerprint density at radius 3 is 2.79 bits per heavy atom. The first-order valence-corrected chi connectivity index (χ1v) is 6.20. The van der Waals surface area contributed by atoms with Gasteiger partial charge in [0.05, 0.1) is 5.69 Å². The molecular weight excluding hydrogens is 245 g/mol. The van der Waals surface area contributed by atoms with Crippen LogP contribution in [0.2, 0.25) is 0 Å². The third-order valence-corrected chi connectivity index (χ3v) is 2.70. The lowest BCUT2D eigenvalue weighted by Gasteiger charge is -2.09. The van der Waals surface area contributed by atoms with Crippen molar-refractivity contribution in [2.75, 3.05) is 0 Å². The Balaban J connectivity index is 2.00. The first-order valence-electron chi connectivity index (χ1n) is 6.20. The van der Waals surface area contributed by atoms with Gasteiger partial charge in [0.1, 0.15) is 6.61 Å². The normalized spacial score (nSPS) is 12.4. The minimum atomic E-state index is -0.367. The van der Waals surface area contributed by atoms with Crippen LogP contribution in [0, 0.1) is 5.82 Å². The van der Waals surface area contributed by atoms with Gasteiger partial charge in [-0.3, -0.25) is 4.68 Å². The fourth-order valence-corrected chi connectivity index (χ4v) is 1.85. The Hall–Kier alpha value is -1.88. The fourth-order valence-electron chi connectivity index (χ4n) is 1.85. The molecule has 1 aromatic heterocycles. The van der Waals surface area contributed by atoms with E-state index in [2.05, 4.69) is 5.10 Å². The van der Waals surface area contributed by atoms with Crippen molar-refractivity contribution in [3.05, 3.63) is 47.5 Å². The predicted octanol–water partition coefficient (Wildman–Crippen LogP) is 2.03. The van der Waals surface area contributed by atoms with Gasteiger partial charge in [-0.15, -0.1) is 0 Å². The van der Waals surface area contributed by atoms with Crippen molar-refractivity contribution in [1.29, 1.82) is 0 Å². The van der Waals surface area contributed by atoms with Gasteiger partial charge in [0, 0.05) is 19.3 Å². The number of aromatic nitrogens is 2. The van der Waals surface area contributed by atoms with Crippen LogP contribution in [0.4, 0.5) is 4.39 Å². The van der Waals surface area contributed by atoms with Crippen LogP contribution in [0.5, 0.6) is 5.75 Å². The molecule has 19 heavy (non-hydrogen) atoms. The zero-order valence-electron chi connectivity index (χ0n) is 11.1. The molecule has 0 aliphatic carbocycles. The highest BCUT2D eigenvalue weighted by Gasteiger charge is 2.07. The number of hydrogen-bond acceptors (Lipinski definition) is 3. The van der Waals surface area contributed by atoms with Crippen molar-refractivity contribution >= 4 is 0 Å². The number of aryl methyl sites for hydroxylation is 1. The molecule has 0 saturated heterocycles. The standard InChI is InChI=1S/C14H18FN3O/c1-10(16)7-11-3-4-14(13(15)8-11)19-9-12-5-6-18(2)17-12/h3-6,8,10H,7,9,16H2,1-2H3. The molecule has 1 heterocycles. The van der Waals surface area contributed by atoms with Gasteiger partial charge < -0.3 is 10.5 Å². The van der Waals surface area contributed by atoms with E-state index in [-0.39, 0.29) is 24.2 Å². The zero-order chi connectivity index (χ0) is 13.8. The molecule has 0 aliphatic heterocycles. The number of benzene rings is 1. The van der Waals surface area contributed by atoms with Gasteiger partial charge in [0.25, 0.3) is 0 Å². The molecule has 0 bridgehead atoms. The Labute approximate surface area is 112 Å². The monoisotopic (exact) mass is 263 g/mol. The Morgan fingerprint density at radius 2 is 2.21 bits per heavy atom. The SMILES string of the molecule is CC(N)Cc1ccc(OCc2ccn(C)n2)c(F)c1. The maximum absolute atomic E-state index is 13.8. The minimum absolute atomic E-state index is 0.0136. The third kappa shape index (κ3) is 3.79. The van der Waals surface area contributed by atoms with Crippen LogP contribution in [-0.2, 0) is 20.1 Å². The van der Waals surface area contributed by atoms with Crippen molar-refractivity contribution in [2.24, 2.45) is 12.8 Å². The molecule has 0 aliphatic rings. The minimum Gasteiger partial charge on any atom is -0.484 e. The van der Waals surface area contributed by atoms with Crippen molar-refractivity contribution in [3.8, 4) is 5.75 Å². The lowest BCUT2D eigenvalue weighted by molar-refractivity contribution is 0.284. The summed E-state index contributed by atoms with van der Waals surface area (Å²) in [7, 11) is 1.83. The van der Waals surface area contributed by atoms with E-state index in [1.165, 1.54) is 6.07 Å². The highest BCUT2D eigenvalue weighted by Crippen LogP contribution is 2.20. The smallest absolute Gasteiger partial charge is 0.165 e. The number of hydrogen-bond donors (Lipinski definition) is 1. The van der Waals surface area contributed by atoms with Crippen LogP contribution in [-0.4, -0.2) is 15.8 Å². The van der Waals surface area contributed by atoms with Gasteiger partial charge in [0.2, 0.25) is 0 Å². The van der Waals surface area contributed by atoms with E-state index < -0.39 is 0 Å². The van der Waals surface area contributed by atoms with Gasteiger partial charge in [-0.25, -0.2) is 4.39 Å². The quantitative estimate of drug-likeness (QED) is 0.898. The molecule has 1 aromatic carbocycles. The van der Waals surface area contributed by atoms with Crippen LogP contribution in [0.15, 0.2) is 30.5 Å². The van der Waals surface area contributed by atoms with Crippen molar-refractivity contribution in [1.82, 2.24) is 9.78 Å². The Bertz CT molecular complexity index is 551. The summed E-state index contributed by atoms with van der Waals surface area (Å²) in [5.74, 6) is -0.131. The third-order valence-electron chi connectivity index (χ3n) is 2.70. The molecule has 2 rings (SSSR count). The second-order valence-corrected chi connectivity index (χ2v) is 4.72. The maximum Gasteiger partial charge on any atom is 0.165 e. The van der Waals surface area contributed by atoms with Crippen LogP contribution in [0.25, 0.3) is 0 Å². The Morgan fingerprint density at radius 1 is 1.42 bits per heavy atom. The fraction of sp³-hybridized carbons (Fsp3) is 0.357. The molecule has 2 aromatic rings. The summed E-state index contributed by atoms with van der Waals surface area (Å²) in [4.78, 5) is 0. The molecule has 0 fully saturated rings. The molecule has 2 N–H and O–H groups in total. The molecule has 1 atom stereocenters. The van der Waals surface area contributed by atoms with Gasteiger partial charge in [-0.1, -0.05) is 6.07 Å². The number of rotatable bonds is 5. The van der Waals surface area contributed by atoms with E-state index in [0.717, 1.165) is 11.3 Å². The Kier molecular flexibility index (Phi) is 4.16. The van der Waals surface area contributed by atoms with E-state index >= 15 is 0 Å². The van der Waals surface area contributed by atoms with E-state index in [9.17, 15) is 4.39 Å². The number of halogens is 1. The number of nitrogens with two attached hydrogens (primary N) is 1. The molecular formula is C14H18FN3O. The predicted molar refractivity (Wildman–Crippen MR) is 71.3 cm³/mol. The molecule has 0 spiro atoms. The molecule has 0 amide bonds. The van der Waals surface area contributed by atoms with Gasteiger partial charge in [-0.05, 0) is 37.1 Å². The van der Waals surface area contributed by atoms with Crippen LogP contribution < -0.4 is 10.5 Å². The average Bonchev–Trinajstić information content (AvgIpc) is 2.73. The summed E-state index contributed by atoms with van der Waals surface area (Å²) in [5, 5.41) is 4.17. The summed E-state index contributed by atoms with van der Waals surface area (Å²) in [6.07, 6.45) is 2.47. The lowest BCUT2D eigenvalue weighted by Crippen LogP contribution is -2.17. The van der Waals surface area contributed by atoms with E-state index in [1.54, 1.807) is 10.7 Å². The maximum atomic E-state index is 13.8. The van der Waals surface area contributed by atoms with E-state index in [1.807, 2.05) is 32.3 Å². The van der Waals surface area contributed by atoms with Crippen LogP contribution >= 0.6 is 0 Å². The van der Waals surface area contributed by atoms with Crippen molar-refractivity contribution in [3.63, 3.8) is 0 Å². The summed E-state index contributed by atoms with van der Waals surface area (Å²) in [6, 6.07) is 6.79. The topological polar surface area (TPSA) is 53.1 Å². The second-order valence-electron chi connectivity index (χ2n) is 4.72. The molecule has 0 radical (unpaired) electrons. The van der Waals surface area contributed by atoms with Gasteiger partial charge in [-0.2, -0.15) is 5.10 Å². The van der Waals surface area contributed by atoms with Gasteiger partial charge >= 0.3 is 0 Å². The van der Waals surface area contributed by atoms with Gasteiger partial charge in [0.15, 0.2) is 11.6 Å². The highest BCUT2D eigenvalue weighted by atomic mass is 19.1. The summed E-state index contributed by atoms with van der Waals surface area (Å²) >= 11 is 0. The number of nitrogens with zero attached hydrogens (tertiary/aromatic N) is 2. The second kappa shape index (κ2) is 5.84. The van der Waals surface area contributed by atoms with E-state index in [0.29, 0.717) is 6.42 Å². The van der Waals surface area contributed by atoms with Crippen molar-refractivity contribution < 1.29 is 9.13 Å². The van der Waals surface area contributed by atoms with Crippen LogP contribution in [0.1, 0.15) is 18.2 Å². The summed E-state index contributed by atoms with van der Waals surface area (Å²) in [6.45, 7) is 2.15. The number of ether oxygens (including phenoxy) is 1. The summed E-state index contributed by atoms with van der Waals surface area (Å²) in [5.41, 5.74) is 7.32. The molecule has 102 valence electrons. The van der Waals surface area contributed by atoms with Crippen molar-refractivity contribution in [2.45, 2.75) is 26.0 Å². The first-order chi connectivity index (χ1) is 9.04. The summed E-state index contributed by atoms with van der Waals surface area (Å²) < 4.78 is 20.9. The largest absolute Gasteiger partial charge is 0.484 e. The average molecular weight is 263 g/mol. The molecule has 4 nitrogen and oxygen atoms in total. The highest BCUT2D eigenvalue weighted by molar-refractivity contribution is 5.30. The van der Waals surface area contributed by atoms with Crippen LogP contribution in [0.3, 0.4) is 0 Å². The van der Waals surface area contributed by atoms with E-state index in [4.69, 9.17) is 10.5 Å². The molecule has 0 saturated carbocycles. The molecule has 1 unspecified atom stereocenters. The first kappa shape index (κ1) is 13.5. The lowest BCUT2D eigenvalue weighted by atomic mass is 10.1. The zero-order valence-corrected chi connectivity index (χ0v) is 11.1.